The lowest BCUT2D eigenvalue weighted by Crippen LogP contribution is -1.85. The molecule has 0 aromatic carbocycles. The summed E-state index contributed by atoms with van der Waals surface area (Å²) in [5, 5.41) is 15.9. The summed E-state index contributed by atoms with van der Waals surface area (Å²) in [5.41, 5.74) is 4.26. The Hall–Kier alpha value is -3.65. The van der Waals surface area contributed by atoms with E-state index in [0.717, 1.165) is 22.2 Å². The van der Waals surface area contributed by atoms with Gasteiger partial charge in [-0.25, -0.2) is 0 Å². The van der Waals surface area contributed by atoms with Crippen molar-refractivity contribution in [2.24, 2.45) is 0 Å². The van der Waals surface area contributed by atoms with Crippen LogP contribution in [0.5, 0.6) is 0 Å². The van der Waals surface area contributed by atoms with Crippen molar-refractivity contribution in [1.82, 2.24) is 15.2 Å². The third kappa shape index (κ3) is 2.81. The summed E-state index contributed by atoms with van der Waals surface area (Å²) >= 11 is 0. The number of furan rings is 1. The minimum Gasteiger partial charge on any atom is -0.454 e. The standard InChI is InChI=1S/C19H14N4O/c1-3-5-13(10-20)8-14(4-2)16-6-7-21-17-9-18(24-19(16)17)15-11-22-23-12-15/h3-9,11-12H,1-2H2,(H,22,23)/b13-5+,14-8+. The van der Waals surface area contributed by atoms with Gasteiger partial charge in [0.1, 0.15) is 11.3 Å². The van der Waals surface area contributed by atoms with Crippen LogP contribution in [0.25, 0.3) is 28.0 Å². The average Bonchev–Trinajstić information content (AvgIpc) is 3.27. The molecule has 0 aliphatic heterocycles. The van der Waals surface area contributed by atoms with E-state index in [2.05, 4.69) is 34.4 Å². The third-order valence-electron chi connectivity index (χ3n) is 3.46. The Balaban J connectivity index is 2.17. The van der Waals surface area contributed by atoms with Gasteiger partial charge < -0.3 is 4.42 Å². The van der Waals surface area contributed by atoms with Crippen molar-refractivity contribution in [1.29, 1.82) is 5.26 Å². The molecule has 0 atom stereocenters. The van der Waals surface area contributed by atoms with Crippen molar-refractivity contribution >= 4 is 16.7 Å². The van der Waals surface area contributed by atoms with E-state index in [-0.39, 0.29) is 0 Å². The molecule has 0 aliphatic rings. The van der Waals surface area contributed by atoms with Gasteiger partial charge in [-0.1, -0.05) is 25.3 Å². The summed E-state index contributed by atoms with van der Waals surface area (Å²) in [6.45, 7) is 7.46. The Kier molecular flexibility index (Phi) is 4.21. The first-order chi connectivity index (χ1) is 11.8. The average molecular weight is 314 g/mol. The van der Waals surface area contributed by atoms with Gasteiger partial charge in [-0.15, -0.1) is 0 Å². The number of hydrogen-bond donors (Lipinski definition) is 1. The number of allylic oxidation sites excluding steroid dienone is 6. The zero-order valence-electron chi connectivity index (χ0n) is 12.9. The fraction of sp³-hybridized carbons (Fsp3) is 0. The molecule has 116 valence electrons. The van der Waals surface area contributed by atoms with E-state index < -0.39 is 0 Å². The summed E-state index contributed by atoms with van der Waals surface area (Å²) in [6, 6.07) is 5.81. The molecule has 0 unspecified atom stereocenters. The van der Waals surface area contributed by atoms with Crippen molar-refractivity contribution < 1.29 is 4.42 Å². The van der Waals surface area contributed by atoms with E-state index in [1.165, 1.54) is 0 Å². The van der Waals surface area contributed by atoms with Crippen molar-refractivity contribution in [3.05, 3.63) is 79.3 Å². The van der Waals surface area contributed by atoms with E-state index in [4.69, 9.17) is 4.42 Å². The number of nitrogens with zero attached hydrogens (tertiary/aromatic N) is 3. The molecule has 0 saturated carbocycles. The lowest BCUT2D eigenvalue weighted by atomic mass is 10.0. The molecule has 0 aliphatic carbocycles. The molecule has 0 amide bonds. The summed E-state index contributed by atoms with van der Waals surface area (Å²) in [5.74, 6) is 0.671. The molecular weight excluding hydrogens is 300 g/mol. The minimum atomic E-state index is 0.478. The molecule has 3 aromatic rings. The Morgan fingerprint density at radius 3 is 2.92 bits per heavy atom. The van der Waals surface area contributed by atoms with Crippen LogP contribution in [0, 0.1) is 11.3 Å². The molecule has 0 bridgehead atoms. The molecule has 0 saturated heterocycles. The van der Waals surface area contributed by atoms with Crippen LogP contribution in [0.4, 0.5) is 0 Å². The molecule has 0 fully saturated rings. The van der Waals surface area contributed by atoms with E-state index in [0.29, 0.717) is 16.9 Å². The predicted octanol–water partition coefficient (Wildman–Crippen LogP) is 4.42. The fourth-order valence-corrected chi connectivity index (χ4v) is 2.35. The zero-order valence-corrected chi connectivity index (χ0v) is 12.9. The number of nitriles is 1. The normalized spacial score (nSPS) is 12.1. The van der Waals surface area contributed by atoms with Gasteiger partial charge in [-0.05, 0) is 23.8 Å². The second-order valence-electron chi connectivity index (χ2n) is 4.94. The zero-order chi connectivity index (χ0) is 16.9. The highest BCUT2D eigenvalue weighted by atomic mass is 16.3. The molecule has 3 heterocycles. The highest BCUT2D eigenvalue weighted by molar-refractivity contribution is 5.93. The van der Waals surface area contributed by atoms with Gasteiger partial charge in [-0.2, -0.15) is 10.4 Å². The molecule has 0 radical (unpaired) electrons. The summed E-state index contributed by atoms with van der Waals surface area (Å²) < 4.78 is 5.97. The van der Waals surface area contributed by atoms with Gasteiger partial charge in [0, 0.05) is 24.0 Å². The number of aromatic nitrogens is 3. The molecule has 5 heteroatoms. The molecule has 1 N–H and O–H groups in total. The summed E-state index contributed by atoms with van der Waals surface area (Å²) in [6.07, 6.45) is 11.8. The van der Waals surface area contributed by atoms with E-state index in [1.54, 1.807) is 42.9 Å². The Labute approximate surface area is 139 Å². The second kappa shape index (κ2) is 6.63. The van der Waals surface area contributed by atoms with Gasteiger partial charge in [-0.3, -0.25) is 10.1 Å². The van der Waals surface area contributed by atoms with Crippen LogP contribution < -0.4 is 0 Å². The lowest BCUT2D eigenvalue weighted by molar-refractivity contribution is 0.630. The second-order valence-corrected chi connectivity index (χ2v) is 4.94. The van der Waals surface area contributed by atoms with Gasteiger partial charge in [0.05, 0.1) is 23.4 Å². The Morgan fingerprint density at radius 2 is 2.25 bits per heavy atom. The maximum absolute atomic E-state index is 9.20. The topological polar surface area (TPSA) is 78.5 Å². The van der Waals surface area contributed by atoms with Gasteiger partial charge >= 0.3 is 0 Å². The molecule has 3 rings (SSSR count). The van der Waals surface area contributed by atoms with Crippen molar-refractivity contribution in [3.63, 3.8) is 0 Å². The third-order valence-corrected chi connectivity index (χ3v) is 3.46. The number of fused-ring (bicyclic) bond motifs is 1. The quantitative estimate of drug-likeness (QED) is 0.558. The van der Waals surface area contributed by atoms with Crippen LogP contribution >= 0.6 is 0 Å². The van der Waals surface area contributed by atoms with E-state index >= 15 is 0 Å². The minimum absolute atomic E-state index is 0.478. The SMILES string of the molecule is C=C/C=C(C#N)\C=C(/C=C)c1ccnc2cc(-c3cn[nH]c3)oc12. The fourth-order valence-electron chi connectivity index (χ4n) is 2.35. The summed E-state index contributed by atoms with van der Waals surface area (Å²) in [7, 11) is 0. The highest BCUT2D eigenvalue weighted by Gasteiger charge is 2.13. The predicted molar refractivity (Wildman–Crippen MR) is 93.7 cm³/mol. The van der Waals surface area contributed by atoms with Crippen LogP contribution in [0.1, 0.15) is 5.56 Å². The van der Waals surface area contributed by atoms with Crippen LogP contribution in [0.15, 0.2) is 78.2 Å². The number of H-pyrrole nitrogens is 1. The van der Waals surface area contributed by atoms with Crippen LogP contribution in [-0.4, -0.2) is 15.2 Å². The van der Waals surface area contributed by atoms with Crippen molar-refractivity contribution in [3.8, 4) is 17.4 Å². The van der Waals surface area contributed by atoms with Crippen molar-refractivity contribution in [2.45, 2.75) is 0 Å². The molecule has 5 nitrogen and oxygen atoms in total. The summed E-state index contributed by atoms with van der Waals surface area (Å²) in [4.78, 5) is 4.34. The van der Waals surface area contributed by atoms with E-state index in [9.17, 15) is 5.26 Å². The largest absolute Gasteiger partial charge is 0.454 e. The first kappa shape index (κ1) is 15.3. The number of aromatic amines is 1. The van der Waals surface area contributed by atoms with Crippen LogP contribution in [-0.2, 0) is 0 Å². The molecule has 0 spiro atoms. The maximum Gasteiger partial charge on any atom is 0.161 e. The molecule has 24 heavy (non-hydrogen) atoms. The van der Waals surface area contributed by atoms with Crippen molar-refractivity contribution in [2.75, 3.05) is 0 Å². The van der Waals surface area contributed by atoms with Gasteiger partial charge in [0.2, 0.25) is 0 Å². The highest BCUT2D eigenvalue weighted by Crippen LogP contribution is 2.31. The van der Waals surface area contributed by atoms with E-state index in [1.807, 2.05) is 12.1 Å². The Bertz CT molecular complexity index is 998. The number of hydrogen-bond acceptors (Lipinski definition) is 4. The number of rotatable bonds is 5. The molecular formula is C19H14N4O. The number of nitrogens with one attached hydrogen (secondary N) is 1. The smallest absolute Gasteiger partial charge is 0.161 e. The maximum atomic E-state index is 9.20. The lowest BCUT2D eigenvalue weighted by Gasteiger charge is -2.03. The van der Waals surface area contributed by atoms with Crippen LogP contribution in [0.2, 0.25) is 0 Å². The van der Waals surface area contributed by atoms with Crippen LogP contribution in [0.3, 0.4) is 0 Å². The monoisotopic (exact) mass is 314 g/mol. The first-order valence-electron chi connectivity index (χ1n) is 7.22. The Morgan fingerprint density at radius 1 is 1.38 bits per heavy atom. The van der Waals surface area contributed by atoms with Gasteiger partial charge in [0.15, 0.2) is 5.58 Å². The first-order valence-corrected chi connectivity index (χ1v) is 7.22. The molecule has 3 aromatic heterocycles. The number of pyridine rings is 1. The van der Waals surface area contributed by atoms with Gasteiger partial charge in [0.25, 0.3) is 0 Å².